The summed E-state index contributed by atoms with van der Waals surface area (Å²) in [5.74, 6) is 0.132. The van der Waals surface area contributed by atoms with Gasteiger partial charge in [0.25, 0.3) is 0 Å². The van der Waals surface area contributed by atoms with Gasteiger partial charge in [0, 0.05) is 12.7 Å². The van der Waals surface area contributed by atoms with E-state index >= 15 is 0 Å². The van der Waals surface area contributed by atoms with E-state index in [-0.39, 0.29) is 5.84 Å². The second kappa shape index (κ2) is 5.18. The van der Waals surface area contributed by atoms with Crippen molar-refractivity contribution in [1.29, 1.82) is 0 Å². The molecule has 0 aliphatic rings. The Morgan fingerprint density at radius 2 is 1.89 bits per heavy atom. The van der Waals surface area contributed by atoms with E-state index in [1.165, 1.54) is 22.3 Å². The smallest absolute Gasteiger partial charge is 0.186 e. The SMILES string of the molecule is Cc1cc(C)c(Cn2cccc2/C(N)=N/O)c(C)c1. The zero-order valence-electron chi connectivity index (χ0n) is 11.5. The van der Waals surface area contributed by atoms with Crippen LogP contribution in [0.1, 0.15) is 27.9 Å². The topological polar surface area (TPSA) is 63.5 Å². The van der Waals surface area contributed by atoms with Crippen LogP contribution < -0.4 is 5.73 Å². The lowest BCUT2D eigenvalue weighted by Gasteiger charge is -2.14. The molecule has 3 N–H and O–H groups in total. The molecular formula is C15H19N3O. The van der Waals surface area contributed by atoms with Crippen LogP contribution in [-0.4, -0.2) is 15.6 Å². The minimum atomic E-state index is 0.132. The van der Waals surface area contributed by atoms with Gasteiger partial charge < -0.3 is 15.5 Å². The van der Waals surface area contributed by atoms with Crippen molar-refractivity contribution in [2.45, 2.75) is 27.3 Å². The fourth-order valence-corrected chi connectivity index (χ4v) is 2.47. The van der Waals surface area contributed by atoms with Gasteiger partial charge in [-0.15, -0.1) is 0 Å². The van der Waals surface area contributed by atoms with E-state index in [4.69, 9.17) is 10.9 Å². The molecule has 2 aromatic rings. The number of benzene rings is 1. The average Bonchev–Trinajstić information content (AvgIpc) is 2.80. The van der Waals surface area contributed by atoms with Crippen molar-refractivity contribution in [2.24, 2.45) is 10.9 Å². The number of hydrogen-bond acceptors (Lipinski definition) is 2. The Morgan fingerprint density at radius 1 is 1.26 bits per heavy atom. The molecular weight excluding hydrogens is 238 g/mol. The molecule has 1 aromatic carbocycles. The Morgan fingerprint density at radius 3 is 2.47 bits per heavy atom. The molecule has 0 aliphatic carbocycles. The quantitative estimate of drug-likeness (QED) is 0.384. The zero-order valence-corrected chi connectivity index (χ0v) is 11.5. The molecule has 19 heavy (non-hydrogen) atoms. The normalized spacial score (nSPS) is 11.8. The summed E-state index contributed by atoms with van der Waals surface area (Å²) in [6.45, 7) is 7.04. The van der Waals surface area contributed by atoms with Crippen molar-refractivity contribution >= 4 is 5.84 Å². The van der Waals surface area contributed by atoms with Gasteiger partial charge in [0.1, 0.15) is 0 Å². The van der Waals surface area contributed by atoms with Gasteiger partial charge >= 0.3 is 0 Å². The molecule has 0 bridgehead atoms. The standard InChI is InChI=1S/C15H19N3O/c1-10-7-11(2)13(12(3)8-10)9-18-6-4-5-14(18)15(16)17-19/h4-8,19H,9H2,1-3H3,(H2,16,17). The monoisotopic (exact) mass is 257 g/mol. The summed E-state index contributed by atoms with van der Waals surface area (Å²) in [4.78, 5) is 0. The van der Waals surface area contributed by atoms with Crippen molar-refractivity contribution in [3.05, 3.63) is 58.4 Å². The van der Waals surface area contributed by atoms with E-state index in [0.717, 1.165) is 12.2 Å². The van der Waals surface area contributed by atoms with Crippen molar-refractivity contribution in [1.82, 2.24) is 4.57 Å². The first-order valence-corrected chi connectivity index (χ1v) is 6.22. The molecule has 0 unspecified atom stereocenters. The third-order valence-electron chi connectivity index (χ3n) is 3.37. The van der Waals surface area contributed by atoms with Crippen molar-refractivity contribution in [3.63, 3.8) is 0 Å². The molecule has 4 nitrogen and oxygen atoms in total. The Hall–Kier alpha value is -2.23. The molecule has 1 aromatic heterocycles. The molecule has 2 rings (SSSR count). The minimum absolute atomic E-state index is 0.132. The van der Waals surface area contributed by atoms with E-state index < -0.39 is 0 Å². The lowest BCUT2D eigenvalue weighted by Crippen LogP contribution is -2.19. The highest BCUT2D eigenvalue weighted by Gasteiger charge is 2.09. The molecule has 4 heteroatoms. The lowest BCUT2D eigenvalue weighted by atomic mass is 10.00. The highest BCUT2D eigenvalue weighted by Crippen LogP contribution is 2.18. The van der Waals surface area contributed by atoms with E-state index in [1.54, 1.807) is 0 Å². The highest BCUT2D eigenvalue weighted by molar-refractivity contribution is 5.95. The number of aromatic nitrogens is 1. The third kappa shape index (κ3) is 2.62. The number of nitrogens with zero attached hydrogens (tertiary/aromatic N) is 2. The first kappa shape index (κ1) is 13.2. The molecule has 0 amide bonds. The molecule has 0 saturated heterocycles. The van der Waals surface area contributed by atoms with Gasteiger partial charge in [0.15, 0.2) is 5.84 Å². The van der Waals surface area contributed by atoms with Crippen LogP contribution in [0.2, 0.25) is 0 Å². The second-order valence-corrected chi connectivity index (χ2v) is 4.88. The number of nitrogens with two attached hydrogens (primary N) is 1. The fraction of sp³-hybridized carbons (Fsp3) is 0.267. The summed E-state index contributed by atoms with van der Waals surface area (Å²) in [7, 11) is 0. The molecule has 0 atom stereocenters. The molecule has 0 spiro atoms. The molecule has 0 saturated carbocycles. The van der Waals surface area contributed by atoms with Crippen LogP contribution in [0.25, 0.3) is 0 Å². The van der Waals surface area contributed by atoms with E-state index in [2.05, 4.69) is 38.1 Å². The van der Waals surface area contributed by atoms with Gasteiger partial charge in [-0.25, -0.2) is 0 Å². The number of rotatable bonds is 3. The summed E-state index contributed by atoms with van der Waals surface area (Å²) >= 11 is 0. The first-order valence-electron chi connectivity index (χ1n) is 6.22. The Labute approximate surface area is 113 Å². The summed E-state index contributed by atoms with van der Waals surface area (Å²) in [6.07, 6.45) is 1.94. The van der Waals surface area contributed by atoms with Gasteiger partial charge in [0.05, 0.1) is 5.69 Å². The highest BCUT2D eigenvalue weighted by atomic mass is 16.4. The Bertz CT molecular complexity index is 603. The van der Waals surface area contributed by atoms with Gasteiger partial charge in [0.2, 0.25) is 0 Å². The number of oxime groups is 1. The van der Waals surface area contributed by atoms with Crippen LogP contribution in [0.15, 0.2) is 35.6 Å². The van der Waals surface area contributed by atoms with Gasteiger partial charge in [-0.3, -0.25) is 0 Å². The maximum atomic E-state index is 8.79. The number of amidine groups is 1. The van der Waals surface area contributed by atoms with Crippen LogP contribution in [-0.2, 0) is 6.54 Å². The maximum Gasteiger partial charge on any atom is 0.186 e. The summed E-state index contributed by atoms with van der Waals surface area (Å²) in [6, 6.07) is 8.09. The van der Waals surface area contributed by atoms with Crippen LogP contribution in [0.4, 0.5) is 0 Å². The van der Waals surface area contributed by atoms with Crippen LogP contribution >= 0.6 is 0 Å². The van der Waals surface area contributed by atoms with Crippen LogP contribution in [0.5, 0.6) is 0 Å². The van der Waals surface area contributed by atoms with E-state index in [0.29, 0.717) is 0 Å². The maximum absolute atomic E-state index is 8.79. The summed E-state index contributed by atoms with van der Waals surface area (Å²) in [5.41, 5.74) is 11.5. The largest absolute Gasteiger partial charge is 0.409 e. The molecule has 0 fully saturated rings. The summed E-state index contributed by atoms with van der Waals surface area (Å²) < 4.78 is 1.99. The molecule has 1 heterocycles. The third-order valence-corrected chi connectivity index (χ3v) is 3.37. The van der Waals surface area contributed by atoms with Crippen LogP contribution in [0, 0.1) is 20.8 Å². The zero-order chi connectivity index (χ0) is 14.0. The van der Waals surface area contributed by atoms with Crippen molar-refractivity contribution in [2.75, 3.05) is 0 Å². The van der Waals surface area contributed by atoms with Crippen LogP contribution in [0.3, 0.4) is 0 Å². The second-order valence-electron chi connectivity index (χ2n) is 4.88. The summed E-state index contributed by atoms with van der Waals surface area (Å²) in [5, 5.41) is 11.9. The molecule has 0 radical (unpaired) electrons. The molecule has 100 valence electrons. The van der Waals surface area contributed by atoms with Gasteiger partial charge in [-0.2, -0.15) is 0 Å². The Balaban J connectivity index is 2.40. The van der Waals surface area contributed by atoms with Crippen molar-refractivity contribution in [3.8, 4) is 0 Å². The predicted octanol–water partition coefficient (Wildman–Crippen LogP) is 2.56. The van der Waals surface area contributed by atoms with E-state index in [1.807, 2.05) is 22.9 Å². The van der Waals surface area contributed by atoms with Crippen molar-refractivity contribution < 1.29 is 5.21 Å². The first-order chi connectivity index (χ1) is 9.02. The minimum Gasteiger partial charge on any atom is -0.409 e. The fourth-order valence-electron chi connectivity index (χ4n) is 2.47. The Kier molecular flexibility index (Phi) is 3.60. The molecule has 0 aliphatic heterocycles. The number of aryl methyl sites for hydroxylation is 3. The lowest BCUT2D eigenvalue weighted by molar-refractivity contribution is 0.318. The van der Waals surface area contributed by atoms with Gasteiger partial charge in [-0.1, -0.05) is 22.9 Å². The average molecular weight is 257 g/mol. The van der Waals surface area contributed by atoms with E-state index in [9.17, 15) is 0 Å². The number of hydrogen-bond donors (Lipinski definition) is 2. The van der Waals surface area contributed by atoms with Gasteiger partial charge in [-0.05, 0) is 49.6 Å². The predicted molar refractivity (Wildman–Crippen MR) is 76.7 cm³/mol.